The molecule has 0 aliphatic heterocycles. The maximum atomic E-state index is 10.3. The summed E-state index contributed by atoms with van der Waals surface area (Å²) in [6.07, 6.45) is 7.86. The standard InChI is InChI=1S/C15H23NO2/c16-14-11-8-7-10-13(14)9-5-3-1-2-4-6-12-15(17)18/h7-8,10-11H,1-6,9,12,16H2,(H,17,18). The molecule has 1 aromatic rings. The number of aryl methyl sites for hydroxylation is 1. The fourth-order valence-electron chi connectivity index (χ4n) is 2.06. The van der Waals surface area contributed by atoms with Gasteiger partial charge in [0.25, 0.3) is 0 Å². The Bertz CT molecular complexity index is 363. The molecule has 0 aliphatic carbocycles. The van der Waals surface area contributed by atoms with Crippen LogP contribution >= 0.6 is 0 Å². The lowest BCUT2D eigenvalue weighted by Gasteiger charge is -2.05. The second-order valence-electron chi connectivity index (χ2n) is 4.71. The van der Waals surface area contributed by atoms with Gasteiger partial charge in [0.2, 0.25) is 0 Å². The number of aliphatic carboxylic acids is 1. The molecule has 0 radical (unpaired) electrons. The van der Waals surface area contributed by atoms with Gasteiger partial charge in [-0.3, -0.25) is 4.79 Å². The molecule has 0 bridgehead atoms. The second kappa shape index (κ2) is 8.56. The topological polar surface area (TPSA) is 63.3 Å². The van der Waals surface area contributed by atoms with Gasteiger partial charge in [-0.25, -0.2) is 0 Å². The van der Waals surface area contributed by atoms with Crippen LogP contribution < -0.4 is 5.73 Å². The lowest BCUT2D eigenvalue weighted by Crippen LogP contribution is -1.94. The van der Waals surface area contributed by atoms with Gasteiger partial charge < -0.3 is 10.8 Å². The highest BCUT2D eigenvalue weighted by Crippen LogP contribution is 2.15. The first-order valence-electron chi connectivity index (χ1n) is 6.75. The molecule has 1 aromatic carbocycles. The number of carboxylic acid groups (broad SMARTS) is 1. The first-order valence-corrected chi connectivity index (χ1v) is 6.75. The number of para-hydroxylation sites is 1. The van der Waals surface area contributed by atoms with Crippen LogP contribution in [0.3, 0.4) is 0 Å². The molecular weight excluding hydrogens is 226 g/mol. The maximum Gasteiger partial charge on any atom is 0.303 e. The van der Waals surface area contributed by atoms with Crippen molar-refractivity contribution in [3.63, 3.8) is 0 Å². The van der Waals surface area contributed by atoms with Crippen LogP contribution in [-0.2, 0) is 11.2 Å². The van der Waals surface area contributed by atoms with Gasteiger partial charge >= 0.3 is 5.97 Å². The van der Waals surface area contributed by atoms with E-state index in [9.17, 15) is 4.79 Å². The van der Waals surface area contributed by atoms with Gasteiger partial charge in [-0.2, -0.15) is 0 Å². The summed E-state index contributed by atoms with van der Waals surface area (Å²) in [5.74, 6) is -0.686. The van der Waals surface area contributed by atoms with Crippen molar-refractivity contribution in [1.82, 2.24) is 0 Å². The van der Waals surface area contributed by atoms with Crippen LogP contribution in [0, 0.1) is 0 Å². The smallest absolute Gasteiger partial charge is 0.303 e. The number of carboxylic acids is 1. The third-order valence-electron chi connectivity index (χ3n) is 3.14. The van der Waals surface area contributed by atoms with Crippen LogP contribution in [0.5, 0.6) is 0 Å². The van der Waals surface area contributed by atoms with Gasteiger partial charge in [-0.1, -0.05) is 43.9 Å². The summed E-state index contributed by atoms with van der Waals surface area (Å²) < 4.78 is 0. The number of hydrogen-bond acceptors (Lipinski definition) is 2. The van der Waals surface area contributed by atoms with Crippen LogP contribution in [0.4, 0.5) is 5.69 Å². The van der Waals surface area contributed by atoms with Crippen LogP contribution in [0.15, 0.2) is 24.3 Å². The van der Waals surface area contributed by atoms with E-state index in [-0.39, 0.29) is 0 Å². The number of carbonyl (C=O) groups is 1. The Labute approximate surface area is 109 Å². The molecule has 0 amide bonds. The van der Waals surface area contributed by atoms with E-state index >= 15 is 0 Å². The van der Waals surface area contributed by atoms with E-state index in [1.165, 1.54) is 18.4 Å². The molecule has 100 valence electrons. The molecule has 3 N–H and O–H groups in total. The SMILES string of the molecule is Nc1ccccc1CCCCCCCCC(=O)O. The molecule has 0 aromatic heterocycles. The summed E-state index contributed by atoms with van der Waals surface area (Å²) in [5, 5.41) is 8.49. The number of rotatable bonds is 9. The highest BCUT2D eigenvalue weighted by Gasteiger charge is 1.99. The van der Waals surface area contributed by atoms with Crippen LogP contribution in [0.2, 0.25) is 0 Å². The number of unbranched alkanes of at least 4 members (excludes halogenated alkanes) is 5. The summed E-state index contributed by atoms with van der Waals surface area (Å²) in [6, 6.07) is 8.02. The molecular formula is C15H23NO2. The van der Waals surface area contributed by atoms with Crippen molar-refractivity contribution in [3.8, 4) is 0 Å². The molecule has 0 atom stereocenters. The molecule has 3 nitrogen and oxygen atoms in total. The van der Waals surface area contributed by atoms with E-state index in [0.29, 0.717) is 6.42 Å². The minimum atomic E-state index is -0.686. The van der Waals surface area contributed by atoms with Gasteiger partial charge in [0.15, 0.2) is 0 Å². The molecule has 0 saturated carbocycles. The number of hydrogen-bond donors (Lipinski definition) is 2. The largest absolute Gasteiger partial charge is 0.481 e. The van der Waals surface area contributed by atoms with Crippen molar-refractivity contribution in [2.24, 2.45) is 0 Å². The quantitative estimate of drug-likeness (QED) is 0.519. The zero-order valence-electron chi connectivity index (χ0n) is 10.9. The zero-order chi connectivity index (χ0) is 13.2. The van der Waals surface area contributed by atoms with Crippen molar-refractivity contribution < 1.29 is 9.90 Å². The maximum absolute atomic E-state index is 10.3. The summed E-state index contributed by atoms with van der Waals surface area (Å²) in [6.45, 7) is 0. The fourth-order valence-corrected chi connectivity index (χ4v) is 2.06. The average Bonchev–Trinajstić information content (AvgIpc) is 2.34. The van der Waals surface area contributed by atoms with Gasteiger partial charge in [-0.05, 0) is 30.9 Å². The molecule has 0 heterocycles. The highest BCUT2D eigenvalue weighted by molar-refractivity contribution is 5.66. The van der Waals surface area contributed by atoms with Crippen molar-refractivity contribution in [2.45, 2.75) is 51.4 Å². The Kier molecular flexibility index (Phi) is 6.92. The third-order valence-corrected chi connectivity index (χ3v) is 3.14. The van der Waals surface area contributed by atoms with Gasteiger partial charge in [-0.15, -0.1) is 0 Å². The Balaban J connectivity index is 1.99. The van der Waals surface area contributed by atoms with E-state index < -0.39 is 5.97 Å². The van der Waals surface area contributed by atoms with Gasteiger partial charge in [0.05, 0.1) is 0 Å². The van der Waals surface area contributed by atoms with E-state index in [1.54, 1.807) is 0 Å². The number of nitrogens with two attached hydrogens (primary N) is 1. The summed E-state index contributed by atoms with van der Waals surface area (Å²) >= 11 is 0. The van der Waals surface area contributed by atoms with Crippen LogP contribution in [0.1, 0.15) is 50.5 Å². The molecule has 0 saturated heterocycles. The molecule has 1 rings (SSSR count). The first-order chi connectivity index (χ1) is 8.70. The molecule has 0 unspecified atom stereocenters. The van der Waals surface area contributed by atoms with E-state index in [2.05, 4.69) is 6.07 Å². The highest BCUT2D eigenvalue weighted by atomic mass is 16.4. The molecule has 0 fully saturated rings. The predicted octanol–water partition coefficient (Wildman–Crippen LogP) is 3.63. The predicted molar refractivity (Wildman–Crippen MR) is 74.5 cm³/mol. The van der Waals surface area contributed by atoms with Gasteiger partial charge in [0, 0.05) is 12.1 Å². The van der Waals surface area contributed by atoms with E-state index in [0.717, 1.165) is 37.8 Å². The lowest BCUT2D eigenvalue weighted by atomic mass is 10.0. The van der Waals surface area contributed by atoms with Gasteiger partial charge in [0.1, 0.15) is 0 Å². The summed E-state index contributed by atoms with van der Waals surface area (Å²) in [7, 11) is 0. The van der Waals surface area contributed by atoms with Crippen molar-refractivity contribution in [3.05, 3.63) is 29.8 Å². The van der Waals surface area contributed by atoms with Crippen molar-refractivity contribution in [1.29, 1.82) is 0 Å². The molecule has 0 aliphatic rings. The Hall–Kier alpha value is -1.51. The zero-order valence-corrected chi connectivity index (χ0v) is 10.9. The Morgan fingerprint density at radius 2 is 1.61 bits per heavy atom. The van der Waals surface area contributed by atoms with Crippen molar-refractivity contribution in [2.75, 3.05) is 5.73 Å². The Morgan fingerprint density at radius 1 is 1.00 bits per heavy atom. The summed E-state index contributed by atoms with van der Waals surface area (Å²) in [4.78, 5) is 10.3. The minimum absolute atomic E-state index is 0.306. The number of nitrogen functional groups attached to an aromatic ring is 1. The summed E-state index contributed by atoms with van der Waals surface area (Å²) in [5.41, 5.74) is 8.00. The normalized spacial score (nSPS) is 10.4. The third kappa shape index (κ3) is 6.28. The van der Waals surface area contributed by atoms with E-state index in [4.69, 9.17) is 10.8 Å². The fraction of sp³-hybridized carbons (Fsp3) is 0.533. The van der Waals surface area contributed by atoms with Crippen LogP contribution in [-0.4, -0.2) is 11.1 Å². The monoisotopic (exact) mass is 249 g/mol. The van der Waals surface area contributed by atoms with E-state index in [1.807, 2.05) is 18.2 Å². The average molecular weight is 249 g/mol. The molecule has 0 spiro atoms. The second-order valence-corrected chi connectivity index (χ2v) is 4.71. The Morgan fingerprint density at radius 3 is 2.28 bits per heavy atom. The van der Waals surface area contributed by atoms with Crippen LogP contribution in [0.25, 0.3) is 0 Å². The first kappa shape index (κ1) is 14.6. The molecule has 3 heteroatoms. The lowest BCUT2D eigenvalue weighted by molar-refractivity contribution is -0.137. The number of benzene rings is 1. The van der Waals surface area contributed by atoms with Crippen molar-refractivity contribution >= 4 is 11.7 Å². The molecule has 18 heavy (non-hydrogen) atoms. The number of anilines is 1. The minimum Gasteiger partial charge on any atom is -0.481 e.